The van der Waals surface area contributed by atoms with E-state index in [1.165, 1.54) is 0 Å². The molecule has 0 aliphatic rings. The van der Waals surface area contributed by atoms with Crippen molar-refractivity contribution in [3.8, 4) is 5.75 Å². The average Bonchev–Trinajstić information content (AvgIpc) is 2.81. The zero-order valence-corrected chi connectivity index (χ0v) is 18.9. The summed E-state index contributed by atoms with van der Waals surface area (Å²) in [6, 6.07) is 23.8. The molecule has 0 amide bonds. The summed E-state index contributed by atoms with van der Waals surface area (Å²) in [6.45, 7) is 3.36. The molecule has 3 aromatic carbocycles. The van der Waals surface area contributed by atoms with Gasteiger partial charge in [0, 0.05) is 0 Å². The number of hydrogen-bond acceptors (Lipinski definition) is 6. The van der Waals surface area contributed by atoms with Crippen LogP contribution in [-0.4, -0.2) is 29.2 Å². The van der Waals surface area contributed by atoms with Gasteiger partial charge < -0.3 is 14.6 Å². The molecule has 172 valence electrons. The van der Waals surface area contributed by atoms with Crippen molar-refractivity contribution in [3.05, 3.63) is 101 Å². The molecule has 0 unspecified atom stereocenters. The van der Waals surface area contributed by atoms with E-state index in [0.29, 0.717) is 5.75 Å². The number of hydrogen-bond donors (Lipinski definition) is 2. The molecular weight excluding hydrogens is 418 g/mol. The summed E-state index contributed by atoms with van der Waals surface area (Å²) in [5, 5.41) is 11.0. The monoisotopic (exact) mass is 447 g/mol. The van der Waals surface area contributed by atoms with Crippen molar-refractivity contribution in [2.24, 2.45) is 11.7 Å². The Balaban J connectivity index is 1.78. The van der Waals surface area contributed by atoms with Crippen molar-refractivity contribution in [1.82, 2.24) is 0 Å². The van der Waals surface area contributed by atoms with Gasteiger partial charge in [-0.05, 0) is 42.5 Å². The number of aryl methyl sites for hydroxylation is 2. The van der Waals surface area contributed by atoms with E-state index in [4.69, 9.17) is 15.2 Å². The molecule has 0 heterocycles. The molecule has 0 aliphatic carbocycles. The highest BCUT2D eigenvalue weighted by molar-refractivity contribution is 5.91. The second-order valence-corrected chi connectivity index (χ2v) is 8.11. The van der Waals surface area contributed by atoms with Crippen LogP contribution >= 0.6 is 0 Å². The van der Waals surface area contributed by atoms with Gasteiger partial charge in [-0.3, -0.25) is 10.5 Å². The van der Waals surface area contributed by atoms with Crippen LogP contribution in [0.25, 0.3) is 0 Å². The number of para-hydroxylation sites is 1. The van der Waals surface area contributed by atoms with Crippen molar-refractivity contribution >= 4 is 11.8 Å². The van der Waals surface area contributed by atoms with E-state index < -0.39 is 23.4 Å². The third kappa shape index (κ3) is 6.28. The van der Waals surface area contributed by atoms with Gasteiger partial charge in [0.15, 0.2) is 5.78 Å². The minimum atomic E-state index is -2.52. The molecule has 0 saturated carbocycles. The number of ether oxygens (including phenoxy) is 2. The normalized spacial score (nSPS) is 13.6. The van der Waals surface area contributed by atoms with Crippen molar-refractivity contribution in [1.29, 1.82) is 0 Å². The van der Waals surface area contributed by atoms with Crippen LogP contribution in [-0.2, 0) is 27.4 Å². The number of carbonyl (C=O) groups excluding carboxylic acids is 2. The van der Waals surface area contributed by atoms with E-state index in [2.05, 4.69) is 0 Å². The molecule has 0 bridgehead atoms. The van der Waals surface area contributed by atoms with Gasteiger partial charge in [0.25, 0.3) is 0 Å². The number of nitrogens with two attached hydrogens (primary N) is 1. The number of carbonyl (C=O) groups is 2. The van der Waals surface area contributed by atoms with Gasteiger partial charge in [0.1, 0.15) is 19.0 Å². The molecular formula is C27H29NO5. The van der Waals surface area contributed by atoms with Crippen LogP contribution in [0.4, 0.5) is 0 Å². The number of benzene rings is 3. The zero-order chi connectivity index (χ0) is 23.8. The molecule has 3 aromatic rings. The van der Waals surface area contributed by atoms with Crippen molar-refractivity contribution in [3.63, 3.8) is 0 Å². The van der Waals surface area contributed by atoms with E-state index in [1.54, 1.807) is 24.3 Å². The standard InChI is InChI=1S/C27H29NO5/c1-19-10-9-11-20(2)25(19)32-18-24(29)23(16-21-12-5-3-6-13-21)27(28,31)26(30)33-17-22-14-7-4-8-15-22/h3-15,23,31H,16-18,28H2,1-2H3/t23-,27+/m1/s1. The molecule has 0 fully saturated rings. The minimum Gasteiger partial charge on any atom is -0.485 e. The van der Waals surface area contributed by atoms with Gasteiger partial charge in [-0.25, -0.2) is 4.79 Å². The number of ketones is 1. The third-order valence-corrected chi connectivity index (χ3v) is 5.51. The molecule has 0 aliphatic heterocycles. The quantitative estimate of drug-likeness (QED) is 0.365. The summed E-state index contributed by atoms with van der Waals surface area (Å²) in [7, 11) is 0. The fraction of sp³-hybridized carbons (Fsp3) is 0.259. The molecule has 2 atom stereocenters. The summed E-state index contributed by atoms with van der Waals surface area (Å²) >= 11 is 0. The molecule has 0 spiro atoms. The Bertz CT molecular complexity index is 1060. The Hall–Kier alpha value is -3.48. The summed E-state index contributed by atoms with van der Waals surface area (Å²) in [5.41, 5.74) is 6.79. The number of Topliss-reactive ketones (excluding diaryl/α,β-unsaturated/α-hetero) is 1. The topological polar surface area (TPSA) is 98.9 Å². The first kappa shape index (κ1) is 24.2. The smallest absolute Gasteiger partial charge is 0.354 e. The lowest BCUT2D eigenvalue weighted by Gasteiger charge is -2.29. The summed E-state index contributed by atoms with van der Waals surface area (Å²) in [4.78, 5) is 26.0. The lowest BCUT2D eigenvalue weighted by atomic mass is 9.86. The van der Waals surface area contributed by atoms with Crippen molar-refractivity contribution < 1.29 is 24.2 Å². The summed E-state index contributed by atoms with van der Waals surface area (Å²) in [5.74, 6) is -2.22. The van der Waals surface area contributed by atoms with Crippen LogP contribution in [0, 0.1) is 19.8 Å². The Morgan fingerprint density at radius 1 is 0.879 bits per heavy atom. The maximum atomic E-state index is 13.2. The highest BCUT2D eigenvalue weighted by Gasteiger charge is 2.46. The average molecular weight is 448 g/mol. The fourth-order valence-corrected chi connectivity index (χ4v) is 3.62. The van der Waals surface area contributed by atoms with Crippen LogP contribution < -0.4 is 10.5 Å². The van der Waals surface area contributed by atoms with E-state index in [1.807, 2.05) is 68.4 Å². The van der Waals surface area contributed by atoms with Crippen LogP contribution in [0.15, 0.2) is 78.9 Å². The van der Waals surface area contributed by atoms with Crippen LogP contribution in [0.3, 0.4) is 0 Å². The van der Waals surface area contributed by atoms with Crippen LogP contribution in [0.2, 0.25) is 0 Å². The molecule has 3 N–H and O–H groups in total. The molecule has 0 aromatic heterocycles. The van der Waals surface area contributed by atoms with Crippen LogP contribution in [0.5, 0.6) is 5.75 Å². The summed E-state index contributed by atoms with van der Waals surface area (Å²) < 4.78 is 11.0. The second kappa shape index (κ2) is 10.9. The van der Waals surface area contributed by atoms with Gasteiger partial charge in [-0.2, -0.15) is 0 Å². The lowest BCUT2D eigenvalue weighted by molar-refractivity contribution is -0.175. The summed E-state index contributed by atoms with van der Waals surface area (Å²) in [6.07, 6.45) is 0.0588. The molecule has 33 heavy (non-hydrogen) atoms. The number of rotatable bonds is 10. The van der Waals surface area contributed by atoms with Gasteiger partial charge in [-0.15, -0.1) is 0 Å². The Morgan fingerprint density at radius 2 is 1.42 bits per heavy atom. The molecule has 6 heteroatoms. The Labute approximate surface area is 194 Å². The molecule has 6 nitrogen and oxygen atoms in total. The number of aliphatic hydroxyl groups is 1. The van der Waals surface area contributed by atoms with E-state index in [0.717, 1.165) is 22.3 Å². The predicted octanol–water partition coefficient (Wildman–Crippen LogP) is 3.50. The van der Waals surface area contributed by atoms with E-state index in [9.17, 15) is 14.7 Å². The van der Waals surface area contributed by atoms with Gasteiger partial charge in [-0.1, -0.05) is 78.9 Å². The second-order valence-electron chi connectivity index (χ2n) is 8.11. The maximum Gasteiger partial charge on any atom is 0.354 e. The first-order valence-electron chi connectivity index (χ1n) is 10.8. The maximum absolute atomic E-state index is 13.2. The van der Waals surface area contributed by atoms with Crippen molar-refractivity contribution in [2.45, 2.75) is 32.6 Å². The van der Waals surface area contributed by atoms with Gasteiger partial charge in [0.05, 0.1) is 5.92 Å². The largest absolute Gasteiger partial charge is 0.485 e. The van der Waals surface area contributed by atoms with Crippen LogP contribution in [0.1, 0.15) is 22.3 Å². The lowest BCUT2D eigenvalue weighted by Crippen LogP contribution is -2.58. The zero-order valence-electron chi connectivity index (χ0n) is 18.9. The van der Waals surface area contributed by atoms with E-state index in [-0.39, 0.29) is 19.6 Å². The number of esters is 1. The minimum absolute atomic E-state index is 0.0588. The third-order valence-electron chi connectivity index (χ3n) is 5.51. The molecule has 0 saturated heterocycles. The van der Waals surface area contributed by atoms with E-state index >= 15 is 0 Å². The molecule has 0 radical (unpaired) electrons. The van der Waals surface area contributed by atoms with Gasteiger partial charge in [0.2, 0.25) is 5.72 Å². The first-order valence-corrected chi connectivity index (χ1v) is 10.8. The van der Waals surface area contributed by atoms with Gasteiger partial charge >= 0.3 is 5.97 Å². The fourth-order valence-electron chi connectivity index (χ4n) is 3.62. The van der Waals surface area contributed by atoms with Crippen molar-refractivity contribution in [2.75, 3.05) is 6.61 Å². The first-order chi connectivity index (χ1) is 15.8. The Kier molecular flexibility index (Phi) is 7.98. The highest BCUT2D eigenvalue weighted by Crippen LogP contribution is 2.25. The SMILES string of the molecule is Cc1cccc(C)c1OCC(=O)[C@@H](Cc1ccccc1)[C@](N)(O)C(=O)OCc1ccccc1. The predicted molar refractivity (Wildman–Crippen MR) is 125 cm³/mol. The Morgan fingerprint density at radius 3 is 2.00 bits per heavy atom. The highest BCUT2D eigenvalue weighted by atomic mass is 16.6. The molecule has 3 rings (SSSR count).